The van der Waals surface area contributed by atoms with Crippen molar-refractivity contribution in [2.45, 2.75) is 56.4 Å². The van der Waals surface area contributed by atoms with Gasteiger partial charge < -0.3 is 5.32 Å². The van der Waals surface area contributed by atoms with Gasteiger partial charge in [0, 0.05) is 12.2 Å². The van der Waals surface area contributed by atoms with Gasteiger partial charge in [0.1, 0.15) is 6.04 Å². The van der Waals surface area contributed by atoms with Crippen molar-refractivity contribution in [3.8, 4) is 0 Å². The lowest BCUT2D eigenvalue weighted by atomic mass is 9.87. The quantitative estimate of drug-likeness (QED) is 0.838. The molecule has 0 radical (unpaired) electrons. The third-order valence-corrected chi connectivity index (χ3v) is 7.05. The SMILES string of the molecule is CC(C)(C)c1ccc(NC(=O)[C@@H]2CCCCN2S(=O)(=O)c2ccccc2)cc1. The number of rotatable bonds is 4. The molecule has 2 aromatic carbocycles. The molecule has 0 aromatic heterocycles. The third-order valence-electron chi connectivity index (χ3n) is 5.12. The molecule has 0 unspecified atom stereocenters. The van der Waals surface area contributed by atoms with Crippen LogP contribution in [-0.4, -0.2) is 31.2 Å². The lowest BCUT2D eigenvalue weighted by molar-refractivity contribution is -0.120. The second kappa shape index (κ2) is 8.05. The van der Waals surface area contributed by atoms with Gasteiger partial charge in [0.05, 0.1) is 4.90 Å². The lowest BCUT2D eigenvalue weighted by Crippen LogP contribution is -2.49. The van der Waals surface area contributed by atoms with Crippen molar-refractivity contribution in [3.05, 3.63) is 60.2 Å². The van der Waals surface area contributed by atoms with Gasteiger partial charge in [-0.3, -0.25) is 4.79 Å². The number of carbonyl (C=O) groups is 1. The van der Waals surface area contributed by atoms with E-state index in [2.05, 4.69) is 26.1 Å². The van der Waals surface area contributed by atoms with Crippen LogP contribution < -0.4 is 5.32 Å². The molecule has 1 saturated heterocycles. The molecule has 1 fully saturated rings. The van der Waals surface area contributed by atoms with E-state index in [0.717, 1.165) is 12.8 Å². The molecule has 28 heavy (non-hydrogen) atoms. The van der Waals surface area contributed by atoms with Crippen LogP contribution in [0.5, 0.6) is 0 Å². The zero-order valence-electron chi connectivity index (χ0n) is 16.7. The van der Waals surface area contributed by atoms with E-state index in [9.17, 15) is 13.2 Å². The summed E-state index contributed by atoms with van der Waals surface area (Å²) in [5.74, 6) is -0.275. The Morgan fingerprint density at radius 3 is 2.25 bits per heavy atom. The molecule has 2 aromatic rings. The van der Waals surface area contributed by atoms with Crippen molar-refractivity contribution in [3.63, 3.8) is 0 Å². The fraction of sp³-hybridized carbons (Fsp3) is 0.409. The van der Waals surface area contributed by atoms with E-state index in [1.807, 2.05) is 24.3 Å². The van der Waals surface area contributed by atoms with Gasteiger partial charge >= 0.3 is 0 Å². The molecule has 1 aliphatic rings. The van der Waals surface area contributed by atoms with Crippen molar-refractivity contribution in [2.24, 2.45) is 0 Å². The summed E-state index contributed by atoms with van der Waals surface area (Å²) in [7, 11) is -3.70. The minimum Gasteiger partial charge on any atom is -0.325 e. The summed E-state index contributed by atoms with van der Waals surface area (Å²) in [6.07, 6.45) is 2.12. The number of hydrogen-bond donors (Lipinski definition) is 1. The monoisotopic (exact) mass is 400 g/mol. The van der Waals surface area contributed by atoms with Gasteiger partial charge in [0.2, 0.25) is 15.9 Å². The van der Waals surface area contributed by atoms with E-state index in [1.165, 1.54) is 9.87 Å². The Labute approximate surface area is 167 Å². The molecule has 0 saturated carbocycles. The number of carbonyl (C=O) groups excluding carboxylic acids is 1. The maximum atomic E-state index is 13.1. The van der Waals surface area contributed by atoms with E-state index >= 15 is 0 Å². The number of nitrogens with zero attached hydrogens (tertiary/aromatic N) is 1. The molecule has 0 bridgehead atoms. The first-order valence-corrected chi connectivity index (χ1v) is 11.1. The van der Waals surface area contributed by atoms with E-state index in [4.69, 9.17) is 0 Å². The molecule has 1 aliphatic heterocycles. The summed E-state index contributed by atoms with van der Waals surface area (Å²) in [6, 6.07) is 15.4. The highest BCUT2D eigenvalue weighted by molar-refractivity contribution is 7.89. The van der Waals surface area contributed by atoms with Crippen LogP contribution in [-0.2, 0) is 20.2 Å². The molecule has 1 N–H and O–H groups in total. The van der Waals surface area contributed by atoms with Crippen LogP contribution >= 0.6 is 0 Å². The van der Waals surface area contributed by atoms with E-state index in [-0.39, 0.29) is 16.2 Å². The van der Waals surface area contributed by atoms with Gasteiger partial charge in [-0.1, -0.05) is 57.5 Å². The number of amides is 1. The Morgan fingerprint density at radius 2 is 1.64 bits per heavy atom. The largest absolute Gasteiger partial charge is 0.325 e. The summed E-state index contributed by atoms with van der Waals surface area (Å²) in [5, 5.41) is 2.90. The average Bonchev–Trinajstić information content (AvgIpc) is 2.68. The van der Waals surface area contributed by atoms with Gasteiger partial charge in [-0.15, -0.1) is 0 Å². The smallest absolute Gasteiger partial charge is 0.243 e. The summed E-state index contributed by atoms with van der Waals surface area (Å²) in [5.41, 5.74) is 1.89. The predicted molar refractivity (Wildman–Crippen MR) is 112 cm³/mol. The molecular formula is C22H28N2O3S. The van der Waals surface area contributed by atoms with Gasteiger partial charge in [-0.25, -0.2) is 8.42 Å². The van der Waals surface area contributed by atoms with Crippen molar-refractivity contribution < 1.29 is 13.2 Å². The van der Waals surface area contributed by atoms with Crippen molar-refractivity contribution in [1.82, 2.24) is 4.31 Å². The van der Waals surface area contributed by atoms with E-state index < -0.39 is 16.1 Å². The Bertz CT molecular complexity index is 917. The molecule has 150 valence electrons. The normalized spacial score (nSPS) is 18.6. The number of anilines is 1. The predicted octanol–water partition coefficient (Wildman–Crippen LogP) is 4.17. The molecule has 5 nitrogen and oxygen atoms in total. The second-order valence-corrected chi connectivity index (χ2v) is 10.1. The van der Waals surface area contributed by atoms with Crippen molar-refractivity contribution >= 4 is 21.6 Å². The zero-order valence-corrected chi connectivity index (χ0v) is 17.5. The first-order valence-electron chi connectivity index (χ1n) is 9.68. The van der Waals surface area contributed by atoms with Crippen LogP contribution in [0.3, 0.4) is 0 Å². The van der Waals surface area contributed by atoms with Gasteiger partial charge in [-0.05, 0) is 48.1 Å². The minimum absolute atomic E-state index is 0.0342. The number of hydrogen-bond acceptors (Lipinski definition) is 3. The summed E-state index contributed by atoms with van der Waals surface area (Å²) in [4.78, 5) is 13.1. The molecule has 1 atom stereocenters. The van der Waals surface area contributed by atoms with Gasteiger partial charge in [0.25, 0.3) is 0 Å². The Balaban J connectivity index is 1.79. The lowest BCUT2D eigenvalue weighted by Gasteiger charge is -2.33. The third kappa shape index (κ3) is 4.45. The molecule has 1 amide bonds. The Morgan fingerprint density at radius 1 is 1.00 bits per heavy atom. The molecule has 6 heteroatoms. The van der Waals surface area contributed by atoms with Crippen molar-refractivity contribution in [2.75, 3.05) is 11.9 Å². The average molecular weight is 401 g/mol. The topological polar surface area (TPSA) is 66.5 Å². The van der Waals surface area contributed by atoms with E-state index in [0.29, 0.717) is 18.7 Å². The maximum Gasteiger partial charge on any atom is 0.243 e. The standard InChI is InChI=1S/C22H28N2O3S/c1-22(2,3)17-12-14-18(15-13-17)23-21(25)20-11-7-8-16-24(20)28(26,27)19-9-5-4-6-10-19/h4-6,9-10,12-15,20H,7-8,11,16H2,1-3H3,(H,23,25)/t20-/m0/s1. The highest BCUT2D eigenvalue weighted by Crippen LogP contribution is 2.27. The summed E-state index contributed by atoms with van der Waals surface area (Å²) in [6.45, 7) is 6.76. The first-order chi connectivity index (χ1) is 13.2. The molecule has 0 spiro atoms. The van der Waals surface area contributed by atoms with Crippen LogP contribution in [0.1, 0.15) is 45.6 Å². The fourth-order valence-corrected chi connectivity index (χ4v) is 5.14. The minimum atomic E-state index is -3.70. The number of piperidine rings is 1. The summed E-state index contributed by atoms with van der Waals surface area (Å²) >= 11 is 0. The zero-order chi connectivity index (χ0) is 20.4. The van der Waals surface area contributed by atoms with Crippen LogP contribution in [0, 0.1) is 0 Å². The fourth-order valence-electron chi connectivity index (χ4n) is 3.46. The van der Waals surface area contributed by atoms with Crippen LogP contribution in [0.4, 0.5) is 5.69 Å². The second-order valence-electron chi connectivity index (χ2n) is 8.26. The van der Waals surface area contributed by atoms with E-state index in [1.54, 1.807) is 30.3 Å². The van der Waals surface area contributed by atoms with Crippen LogP contribution in [0.25, 0.3) is 0 Å². The maximum absolute atomic E-state index is 13.1. The molecule has 0 aliphatic carbocycles. The van der Waals surface area contributed by atoms with Crippen LogP contribution in [0.15, 0.2) is 59.5 Å². The molecule has 1 heterocycles. The number of sulfonamides is 1. The Kier molecular flexibility index (Phi) is 5.91. The van der Waals surface area contributed by atoms with Crippen LogP contribution in [0.2, 0.25) is 0 Å². The molecular weight excluding hydrogens is 372 g/mol. The van der Waals surface area contributed by atoms with Gasteiger partial charge in [0.15, 0.2) is 0 Å². The number of benzene rings is 2. The first kappa shape index (κ1) is 20.6. The number of nitrogens with one attached hydrogen (secondary N) is 1. The highest BCUT2D eigenvalue weighted by Gasteiger charge is 2.37. The molecule has 3 rings (SSSR count). The Hall–Kier alpha value is -2.18. The summed E-state index contributed by atoms with van der Waals surface area (Å²) < 4.78 is 27.5. The highest BCUT2D eigenvalue weighted by atomic mass is 32.2. The van der Waals surface area contributed by atoms with Crippen molar-refractivity contribution in [1.29, 1.82) is 0 Å². The van der Waals surface area contributed by atoms with Gasteiger partial charge in [-0.2, -0.15) is 4.31 Å².